The maximum Gasteiger partial charge on any atom is 0.205 e. The molecule has 0 saturated carbocycles. The van der Waals surface area contributed by atoms with Crippen molar-refractivity contribution >= 4 is 11.0 Å². The molecule has 0 saturated heterocycles. The van der Waals surface area contributed by atoms with Gasteiger partial charge in [-0.25, -0.2) is 4.98 Å². The van der Waals surface area contributed by atoms with Crippen LogP contribution < -0.4 is 0 Å². The van der Waals surface area contributed by atoms with E-state index in [0.29, 0.717) is 0 Å². The first-order chi connectivity index (χ1) is 10.2. The molecule has 1 aromatic carbocycles. The number of fused-ring (bicyclic) bond motifs is 1. The molecular formula is C17H14N2O2. The highest BCUT2D eigenvalue weighted by atomic mass is 16.4. The third-order valence-corrected chi connectivity index (χ3v) is 3.47. The maximum atomic E-state index is 5.79. The Morgan fingerprint density at radius 1 is 0.857 bits per heavy atom. The minimum Gasteiger partial charge on any atom is -0.458 e. The van der Waals surface area contributed by atoms with Crippen molar-refractivity contribution in [3.63, 3.8) is 0 Å². The van der Waals surface area contributed by atoms with E-state index in [4.69, 9.17) is 13.8 Å². The molecule has 0 aliphatic carbocycles. The van der Waals surface area contributed by atoms with Crippen molar-refractivity contribution in [3.05, 3.63) is 60.1 Å². The van der Waals surface area contributed by atoms with Crippen molar-refractivity contribution < 1.29 is 8.83 Å². The second kappa shape index (κ2) is 4.38. The molecule has 0 fully saturated rings. The number of imidazole rings is 1. The average molecular weight is 278 g/mol. The molecule has 0 spiro atoms. The smallest absolute Gasteiger partial charge is 0.205 e. The van der Waals surface area contributed by atoms with Crippen LogP contribution in [0.1, 0.15) is 11.5 Å². The lowest BCUT2D eigenvalue weighted by Gasteiger charge is -2.03. The van der Waals surface area contributed by atoms with E-state index in [1.165, 1.54) is 0 Å². The third kappa shape index (κ3) is 1.88. The highest BCUT2D eigenvalue weighted by molar-refractivity contribution is 5.81. The Morgan fingerprint density at radius 2 is 1.62 bits per heavy atom. The SMILES string of the molecule is Cc1ccc(-c2nc3ccccc3n2-c2ccc(C)o2)o1. The predicted octanol–water partition coefficient (Wildman–Crippen LogP) is 4.50. The van der Waals surface area contributed by atoms with Crippen LogP contribution >= 0.6 is 0 Å². The predicted molar refractivity (Wildman–Crippen MR) is 80.5 cm³/mol. The van der Waals surface area contributed by atoms with Crippen molar-refractivity contribution in [3.8, 4) is 17.5 Å². The van der Waals surface area contributed by atoms with Gasteiger partial charge in [0.25, 0.3) is 0 Å². The van der Waals surface area contributed by atoms with Crippen molar-refractivity contribution in [2.75, 3.05) is 0 Å². The zero-order valence-corrected chi connectivity index (χ0v) is 11.8. The van der Waals surface area contributed by atoms with Crippen LogP contribution in [0.5, 0.6) is 0 Å². The van der Waals surface area contributed by atoms with Crippen LogP contribution in [0.25, 0.3) is 28.5 Å². The lowest BCUT2D eigenvalue weighted by atomic mass is 10.3. The molecule has 4 rings (SSSR count). The number of hydrogen-bond acceptors (Lipinski definition) is 3. The van der Waals surface area contributed by atoms with Crippen LogP contribution in [0.4, 0.5) is 0 Å². The summed E-state index contributed by atoms with van der Waals surface area (Å²) < 4.78 is 13.5. The minimum absolute atomic E-state index is 0.734. The normalized spacial score (nSPS) is 11.3. The monoisotopic (exact) mass is 278 g/mol. The summed E-state index contributed by atoms with van der Waals surface area (Å²) in [6, 6.07) is 15.7. The first-order valence-electron chi connectivity index (χ1n) is 6.83. The van der Waals surface area contributed by atoms with Crippen LogP contribution in [0.15, 0.2) is 57.4 Å². The summed E-state index contributed by atoms with van der Waals surface area (Å²) in [6.07, 6.45) is 0. The Kier molecular flexibility index (Phi) is 2.51. The van der Waals surface area contributed by atoms with Gasteiger partial charge in [0.2, 0.25) is 5.88 Å². The molecular weight excluding hydrogens is 264 g/mol. The highest BCUT2D eigenvalue weighted by Crippen LogP contribution is 2.30. The van der Waals surface area contributed by atoms with Gasteiger partial charge >= 0.3 is 0 Å². The molecule has 4 heteroatoms. The summed E-state index contributed by atoms with van der Waals surface area (Å²) in [6.45, 7) is 3.85. The standard InChI is InChI=1S/C17H14N2O2/c1-11-7-9-15(20-11)17-18-13-5-3-4-6-14(13)19(17)16-10-8-12(2)21-16/h3-10H,1-2H3. The Bertz CT molecular complexity index is 927. The van der Waals surface area contributed by atoms with Gasteiger partial charge in [-0.05, 0) is 44.2 Å². The second-order valence-corrected chi connectivity index (χ2v) is 5.05. The zero-order chi connectivity index (χ0) is 14.4. The Hall–Kier alpha value is -2.75. The number of aromatic nitrogens is 2. The van der Waals surface area contributed by atoms with Crippen molar-refractivity contribution in [2.45, 2.75) is 13.8 Å². The maximum absolute atomic E-state index is 5.79. The quantitative estimate of drug-likeness (QED) is 0.542. The van der Waals surface area contributed by atoms with Gasteiger partial charge in [0, 0.05) is 6.07 Å². The Labute approximate surface area is 121 Å². The van der Waals surface area contributed by atoms with Crippen molar-refractivity contribution in [1.29, 1.82) is 0 Å². The van der Waals surface area contributed by atoms with Gasteiger partial charge in [-0.3, -0.25) is 4.57 Å². The molecule has 4 aromatic rings. The van der Waals surface area contributed by atoms with E-state index in [1.807, 2.05) is 66.9 Å². The summed E-state index contributed by atoms with van der Waals surface area (Å²) in [7, 11) is 0. The summed E-state index contributed by atoms with van der Waals surface area (Å²) >= 11 is 0. The molecule has 0 N–H and O–H groups in total. The van der Waals surface area contributed by atoms with Gasteiger partial charge in [0.1, 0.15) is 11.5 Å². The fourth-order valence-corrected chi connectivity index (χ4v) is 2.51. The van der Waals surface area contributed by atoms with E-state index < -0.39 is 0 Å². The molecule has 0 atom stereocenters. The first-order valence-corrected chi connectivity index (χ1v) is 6.83. The molecule has 4 nitrogen and oxygen atoms in total. The first kappa shape index (κ1) is 12.0. The lowest BCUT2D eigenvalue weighted by molar-refractivity contribution is 0.508. The van der Waals surface area contributed by atoms with Gasteiger partial charge in [-0.1, -0.05) is 12.1 Å². The number of furan rings is 2. The van der Waals surface area contributed by atoms with Crippen molar-refractivity contribution in [2.24, 2.45) is 0 Å². The van der Waals surface area contributed by atoms with Gasteiger partial charge in [-0.15, -0.1) is 0 Å². The summed E-state index contributed by atoms with van der Waals surface area (Å²) in [5, 5.41) is 0. The molecule has 0 radical (unpaired) electrons. The highest BCUT2D eigenvalue weighted by Gasteiger charge is 2.18. The van der Waals surface area contributed by atoms with Gasteiger partial charge < -0.3 is 8.83 Å². The lowest BCUT2D eigenvalue weighted by Crippen LogP contribution is -1.94. The molecule has 0 bridgehead atoms. The van der Waals surface area contributed by atoms with E-state index in [-0.39, 0.29) is 0 Å². The van der Waals surface area contributed by atoms with Crippen LogP contribution in [-0.2, 0) is 0 Å². The van der Waals surface area contributed by atoms with Crippen molar-refractivity contribution in [1.82, 2.24) is 9.55 Å². The number of benzene rings is 1. The van der Waals surface area contributed by atoms with Crippen LogP contribution in [0.2, 0.25) is 0 Å². The van der Waals surface area contributed by atoms with E-state index in [1.54, 1.807) is 0 Å². The Morgan fingerprint density at radius 3 is 2.33 bits per heavy atom. The minimum atomic E-state index is 0.734. The van der Waals surface area contributed by atoms with Gasteiger partial charge in [-0.2, -0.15) is 0 Å². The molecule has 0 aliphatic heterocycles. The van der Waals surface area contributed by atoms with E-state index >= 15 is 0 Å². The average Bonchev–Trinajstić information content (AvgIpc) is 3.16. The summed E-state index contributed by atoms with van der Waals surface area (Å²) in [4.78, 5) is 4.69. The molecule has 0 aliphatic rings. The number of aryl methyl sites for hydroxylation is 2. The third-order valence-electron chi connectivity index (χ3n) is 3.47. The number of nitrogens with zero attached hydrogens (tertiary/aromatic N) is 2. The topological polar surface area (TPSA) is 44.1 Å². The van der Waals surface area contributed by atoms with Crippen LogP contribution in [-0.4, -0.2) is 9.55 Å². The van der Waals surface area contributed by atoms with E-state index in [9.17, 15) is 0 Å². The zero-order valence-electron chi connectivity index (χ0n) is 11.8. The Balaban J connectivity index is 2.06. The number of rotatable bonds is 2. The van der Waals surface area contributed by atoms with E-state index in [2.05, 4.69) is 0 Å². The fraction of sp³-hybridized carbons (Fsp3) is 0.118. The van der Waals surface area contributed by atoms with E-state index in [0.717, 1.165) is 40.0 Å². The summed E-state index contributed by atoms with van der Waals surface area (Å²) in [5.74, 6) is 3.95. The summed E-state index contributed by atoms with van der Waals surface area (Å²) in [5.41, 5.74) is 1.91. The van der Waals surface area contributed by atoms with Gasteiger partial charge in [0.15, 0.2) is 11.6 Å². The molecule has 0 unspecified atom stereocenters. The second-order valence-electron chi connectivity index (χ2n) is 5.05. The molecule has 0 amide bonds. The number of hydrogen-bond donors (Lipinski definition) is 0. The number of para-hydroxylation sites is 2. The van der Waals surface area contributed by atoms with Crippen LogP contribution in [0.3, 0.4) is 0 Å². The largest absolute Gasteiger partial charge is 0.458 e. The molecule has 3 aromatic heterocycles. The van der Waals surface area contributed by atoms with Crippen LogP contribution in [0, 0.1) is 13.8 Å². The fourth-order valence-electron chi connectivity index (χ4n) is 2.51. The molecule has 21 heavy (non-hydrogen) atoms. The van der Waals surface area contributed by atoms with Gasteiger partial charge in [0.05, 0.1) is 11.0 Å². The molecule has 104 valence electrons. The molecule has 3 heterocycles.